The van der Waals surface area contributed by atoms with Crippen molar-refractivity contribution >= 4 is 29.3 Å². The molecule has 1 aliphatic rings. The Hall–Kier alpha value is -1.11. The summed E-state index contributed by atoms with van der Waals surface area (Å²) in [5, 5.41) is 12.3. The summed E-state index contributed by atoms with van der Waals surface area (Å²) in [6, 6.07) is 3.02. The molecule has 1 aromatic rings. The highest BCUT2D eigenvalue weighted by Crippen LogP contribution is 2.44. The van der Waals surface area contributed by atoms with Crippen molar-refractivity contribution in [3.8, 4) is 11.5 Å². The van der Waals surface area contributed by atoms with Crippen LogP contribution in [0.4, 0.5) is 0 Å². The fraction of sp³-hybridized carbons (Fsp3) is 0.417. The van der Waals surface area contributed by atoms with E-state index in [-0.39, 0.29) is 5.37 Å². The Labute approximate surface area is 120 Å². The smallest absolute Gasteiger partial charge is 0.321 e. The lowest BCUT2D eigenvalue weighted by Crippen LogP contribution is -2.33. The summed E-state index contributed by atoms with van der Waals surface area (Å²) in [6.45, 7) is 0. The minimum absolute atomic E-state index is 0.159. The number of rotatable bonds is 4. The molecular formula is C12H14ClNO4S. The van der Waals surface area contributed by atoms with E-state index in [2.05, 4.69) is 5.32 Å². The van der Waals surface area contributed by atoms with E-state index >= 15 is 0 Å². The Morgan fingerprint density at radius 1 is 1.47 bits per heavy atom. The third-order valence-corrected chi connectivity index (χ3v) is 4.52. The van der Waals surface area contributed by atoms with E-state index in [0.717, 1.165) is 5.56 Å². The minimum atomic E-state index is -0.855. The molecule has 5 nitrogen and oxygen atoms in total. The average molecular weight is 304 g/mol. The van der Waals surface area contributed by atoms with Gasteiger partial charge in [0, 0.05) is 11.3 Å². The number of carboxylic acid groups (broad SMARTS) is 1. The second-order valence-corrected chi connectivity index (χ2v) is 5.49. The van der Waals surface area contributed by atoms with Crippen molar-refractivity contribution in [2.45, 2.75) is 11.4 Å². The molecule has 1 aromatic carbocycles. The molecule has 1 fully saturated rings. The molecule has 1 heterocycles. The summed E-state index contributed by atoms with van der Waals surface area (Å²) in [5.74, 6) is 0.661. The van der Waals surface area contributed by atoms with Crippen LogP contribution in [0, 0.1) is 0 Å². The summed E-state index contributed by atoms with van der Waals surface area (Å²) in [4.78, 5) is 10.9. The number of carboxylic acids is 1. The highest BCUT2D eigenvalue weighted by molar-refractivity contribution is 7.99. The van der Waals surface area contributed by atoms with E-state index in [1.54, 1.807) is 6.07 Å². The van der Waals surface area contributed by atoms with Crippen LogP contribution in [-0.2, 0) is 4.79 Å². The Kier molecular flexibility index (Phi) is 4.44. The van der Waals surface area contributed by atoms with Crippen molar-refractivity contribution in [3.63, 3.8) is 0 Å². The van der Waals surface area contributed by atoms with Crippen molar-refractivity contribution in [2.75, 3.05) is 20.0 Å². The maximum Gasteiger partial charge on any atom is 0.321 e. The second kappa shape index (κ2) is 5.90. The zero-order valence-electron chi connectivity index (χ0n) is 10.5. The molecule has 0 aliphatic carbocycles. The van der Waals surface area contributed by atoms with Crippen molar-refractivity contribution in [1.82, 2.24) is 5.32 Å². The Morgan fingerprint density at radius 3 is 2.74 bits per heavy atom. The van der Waals surface area contributed by atoms with Crippen LogP contribution in [0.5, 0.6) is 11.5 Å². The van der Waals surface area contributed by atoms with Gasteiger partial charge in [-0.1, -0.05) is 17.7 Å². The quantitative estimate of drug-likeness (QED) is 0.888. The van der Waals surface area contributed by atoms with Crippen LogP contribution in [0.1, 0.15) is 10.9 Å². The summed E-state index contributed by atoms with van der Waals surface area (Å²) in [7, 11) is 3.06. The van der Waals surface area contributed by atoms with Gasteiger partial charge in [0.05, 0.1) is 24.6 Å². The number of benzene rings is 1. The molecule has 1 saturated heterocycles. The van der Waals surface area contributed by atoms with Gasteiger partial charge in [-0.05, 0) is 6.07 Å². The van der Waals surface area contributed by atoms with Crippen LogP contribution >= 0.6 is 23.4 Å². The molecule has 0 saturated carbocycles. The van der Waals surface area contributed by atoms with Crippen molar-refractivity contribution in [2.24, 2.45) is 0 Å². The van der Waals surface area contributed by atoms with Crippen LogP contribution in [0.15, 0.2) is 12.1 Å². The Balaban J connectivity index is 2.29. The lowest BCUT2D eigenvalue weighted by atomic mass is 10.2. The molecule has 1 unspecified atom stereocenters. The van der Waals surface area contributed by atoms with Crippen LogP contribution in [0.2, 0.25) is 5.02 Å². The third-order valence-electron chi connectivity index (χ3n) is 2.88. The van der Waals surface area contributed by atoms with Gasteiger partial charge in [-0.15, -0.1) is 11.8 Å². The number of aliphatic carboxylic acids is 1. The van der Waals surface area contributed by atoms with Crippen molar-refractivity contribution < 1.29 is 19.4 Å². The zero-order chi connectivity index (χ0) is 14.0. The highest BCUT2D eigenvalue weighted by Gasteiger charge is 2.32. The van der Waals surface area contributed by atoms with E-state index < -0.39 is 12.0 Å². The summed E-state index contributed by atoms with van der Waals surface area (Å²) in [6.07, 6.45) is 0. The van der Waals surface area contributed by atoms with E-state index in [0.29, 0.717) is 22.3 Å². The fourth-order valence-electron chi connectivity index (χ4n) is 1.90. The number of hydrogen-bond acceptors (Lipinski definition) is 5. The van der Waals surface area contributed by atoms with Crippen LogP contribution in [0.3, 0.4) is 0 Å². The molecule has 7 heteroatoms. The average Bonchev–Trinajstić information content (AvgIpc) is 2.87. The molecule has 2 N–H and O–H groups in total. The Bertz CT molecular complexity index is 497. The van der Waals surface area contributed by atoms with Gasteiger partial charge in [0.1, 0.15) is 6.04 Å². The number of hydrogen-bond donors (Lipinski definition) is 2. The first-order chi connectivity index (χ1) is 9.08. The van der Waals surface area contributed by atoms with Gasteiger partial charge < -0.3 is 14.6 Å². The molecule has 2 atom stereocenters. The van der Waals surface area contributed by atoms with Crippen LogP contribution < -0.4 is 14.8 Å². The lowest BCUT2D eigenvalue weighted by Gasteiger charge is -2.17. The molecule has 0 spiro atoms. The summed E-state index contributed by atoms with van der Waals surface area (Å²) in [5.41, 5.74) is 0.799. The number of carbonyl (C=O) groups is 1. The van der Waals surface area contributed by atoms with Gasteiger partial charge in [-0.25, -0.2) is 0 Å². The minimum Gasteiger partial charge on any atom is -0.493 e. The first-order valence-corrected chi connectivity index (χ1v) is 7.02. The number of thioether (sulfide) groups is 1. The topological polar surface area (TPSA) is 67.8 Å². The molecule has 0 aromatic heterocycles. The predicted molar refractivity (Wildman–Crippen MR) is 74.3 cm³/mol. The van der Waals surface area contributed by atoms with Crippen LogP contribution in [-0.4, -0.2) is 37.1 Å². The van der Waals surface area contributed by atoms with E-state index in [9.17, 15) is 4.79 Å². The van der Waals surface area contributed by atoms with Gasteiger partial charge >= 0.3 is 5.97 Å². The van der Waals surface area contributed by atoms with Gasteiger partial charge in [-0.2, -0.15) is 0 Å². The van der Waals surface area contributed by atoms with E-state index in [4.69, 9.17) is 26.2 Å². The van der Waals surface area contributed by atoms with Crippen molar-refractivity contribution in [3.05, 3.63) is 22.7 Å². The van der Waals surface area contributed by atoms with Gasteiger partial charge in [-0.3, -0.25) is 10.1 Å². The number of ether oxygens (including phenoxy) is 2. The highest BCUT2D eigenvalue weighted by atomic mass is 35.5. The number of nitrogens with one attached hydrogen (secondary N) is 1. The van der Waals surface area contributed by atoms with Gasteiger partial charge in [0.25, 0.3) is 0 Å². The molecule has 1 aliphatic heterocycles. The first-order valence-electron chi connectivity index (χ1n) is 5.59. The zero-order valence-corrected chi connectivity index (χ0v) is 12.0. The predicted octanol–water partition coefficient (Wildman–Crippen LogP) is 2.15. The molecule has 19 heavy (non-hydrogen) atoms. The molecule has 104 valence electrons. The standard InChI is InChI=1S/C12H14ClNO4S/c1-17-8-4-3-6(9(13)10(8)18-2)11-14-7(5-19-11)12(15)16/h3-4,7,11,14H,5H2,1-2H3,(H,15,16)/t7-,11?/m1/s1. The molecule has 0 bridgehead atoms. The van der Waals surface area contributed by atoms with Crippen molar-refractivity contribution in [1.29, 1.82) is 0 Å². The maximum absolute atomic E-state index is 10.9. The monoisotopic (exact) mass is 303 g/mol. The molecule has 0 amide bonds. The SMILES string of the molecule is COc1ccc(C2N[C@@H](C(=O)O)CS2)c(Cl)c1OC. The van der Waals surface area contributed by atoms with Gasteiger partial charge in [0.15, 0.2) is 11.5 Å². The Morgan fingerprint density at radius 2 is 2.21 bits per heavy atom. The van der Waals surface area contributed by atoms with Gasteiger partial charge in [0.2, 0.25) is 0 Å². The summed E-state index contributed by atoms with van der Waals surface area (Å²) >= 11 is 7.80. The largest absolute Gasteiger partial charge is 0.493 e. The molecule has 0 radical (unpaired) electrons. The third kappa shape index (κ3) is 2.75. The number of methoxy groups -OCH3 is 2. The summed E-state index contributed by atoms with van der Waals surface area (Å²) < 4.78 is 10.4. The maximum atomic E-state index is 10.9. The van der Waals surface area contributed by atoms with E-state index in [1.165, 1.54) is 26.0 Å². The number of halogens is 1. The normalized spacial score (nSPS) is 22.3. The second-order valence-electron chi connectivity index (χ2n) is 3.98. The first kappa shape index (κ1) is 14.3. The molecule has 2 rings (SSSR count). The molecular weight excluding hydrogens is 290 g/mol. The lowest BCUT2D eigenvalue weighted by molar-refractivity contribution is -0.138. The van der Waals surface area contributed by atoms with E-state index in [1.807, 2.05) is 6.07 Å². The fourth-order valence-corrected chi connectivity index (χ4v) is 3.57. The van der Waals surface area contributed by atoms with Crippen LogP contribution in [0.25, 0.3) is 0 Å².